The van der Waals surface area contributed by atoms with E-state index in [1.165, 1.54) is 4.90 Å². The fourth-order valence-corrected chi connectivity index (χ4v) is 12.7. The molecule has 4 saturated carbocycles. The highest BCUT2D eigenvalue weighted by atomic mass is 32.2. The summed E-state index contributed by atoms with van der Waals surface area (Å²) in [5, 5.41) is 15.2. The van der Waals surface area contributed by atoms with Crippen LogP contribution in [0.25, 0.3) is 10.9 Å². The first-order valence-electron chi connectivity index (χ1n) is 23.6. The number of aromatic nitrogens is 1. The molecule has 3 N–H and O–H groups in total. The number of pyridine rings is 1. The molecule has 0 unspecified atom stereocenters. The van der Waals surface area contributed by atoms with Crippen molar-refractivity contribution in [2.45, 2.75) is 170 Å². The zero-order chi connectivity index (χ0) is 44.6. The first-order valence-corrected chi connectivity index (χ1v) is 25.0. The van der Waals surface area contributed by atoms with Gasteiger partial charge in [0.15, 0.2) is 0 Å². The molecule has 4 heterocycles. The summed E-state index contributed by atoms with van der Waals surface area (Å²) in [6.45, 7) is 8.06. The number of fused-ring (bicyclic) bond motifs is 5. The molecule has 0 bridgehead atoms. The van der Waals surface area contributed by atoms with Crippen molar-refractivity contribution in [3.63, 3.8) is 0 Å². The number of nitrogens with zero attached hydrogens (tertiary/aromatic N) is 3. The first kappa shape index (κ1) is 43.8. The van der Waals surface area contributed by atoms with Crippen molar-refractivity contribution in [1.82, 2.24) is 24.8 Å². The third kappa shape index (κ3) is 8.06. The van der Waals surface area contributed by atoms with Gasteiger partial charge >= 0.3 is 6.09 Å². The summed E-state index contributed by atoms with van der Waals surface area (Å²) < 4.78 is 40.8. The Kier molecular flexibility index (Phi) is 11.3. The normalized spacial score (nSPS) is 33.5. The number of sulfonamides is 1. The number of carboxylic acid groups (broad SMARTS) is 1. The Bertz CT molecular complexity index is 2330. The molecule has 7 aliphatic rings. The van der Waals surface area contributed by atoms with Crippen molar-refractivity contribution < 1.29 is 42.2 Å². The maximum Gasteiger partial charge on any atom is 0.408 e. The van der Waals surface area contributed by atoms with Gasteiger partial charge in [-0.3, -0.25) is 24.0 Å². The molecule has 4 amide bonds. The highest BCUT2D eigenvalue weighted by Gasteiger charge is 2.64. The zero-order valence-electron chi connectivity index (χ0n) is 37.5. The summed E-state index contributed by atoms with van der Waals surface area (Å²) in [7, 11) is -2.39. The molecular weight excluding hydrogens is 823 g/mol. The van der Waals surface area contributed by atoms with Gasteiger partial charge in [-0.05, 0) is 114 Å². The Labute approximate surface area is 371 Å². The quantitative estimate of drug-likeness (QED) is 0.234. The lowest BCUT2D eigenvalue weighted by Crippen LogP contribution is -2.61. The predicted molar refractivity (Wildman–Crippen MR) is 237 cm³/mol. The second-order valence-corrected chi connectivity index (χ2v) is 23.0. The molecule has 8 atom stereocenters. The van der Waals surface area contributed by atoms with Crippen molar-refractivity contribution in [2.24, 2.45) is 23.7 Å². The minimum Gasteiger partial charge on any atom is -0.497 e. The van der Waals surface area contributed by atoms with Crippen LogP contribution in [-0.2, 0) is 30.8 Å². The number of ether oxygens (including phenoxy) is 2. The molecule has 1 spiro atoms. The van der Waals surface area contributed by atoms with Crippen LogP contribution in [-0.4, -0.2) is 99.8 Å². The average molecular weight is 888 g/mol. The third-order valence-electron chi connectivity index (χ3n) is 15.9. The summed E-state index contributed by atoms with van der Waals surface area (Å²) in [5.74, 6) is -0.0630. The Morgan fingerprint density at radius 3 is 2.54 bits per heavy atom. The number of nitrogens with one attached hydrogen (secondary N) is 2. The maximum absolute atomic E-state index is 15.6. The fourth-order valence-electron chi connectivity index (χ4n) is 11.4. The van der Waals surface area contributed by atoms with Crippen LogP contribution in [0.3, 0.4) is 0 Å². The van der Waals surface area contributed by atoms with Gasteiger partial charge in [0, 0.05) is 41.3 Å². The second-order valence-electron chi connectivity index (χ2n) is 20.8. The van der Waals surface area contributed by atoms with E-state index in [0.29, 0.717) is 62.9 Å². The van der Waals surface area contributed by atoms with E-state index >= 15 is 9.59 Å². The van der Waals surface area contributed by atoms with Crippen LogP contribution >= 0.6 is 0 Å². The minimum absolute atomic E-state index is 0.0437. The lowest BCUT2D eigenvalue weighted by atomic mass is 9.73. The van der Waals surface area contributed by atoms with Gasteiger partial charge in [-0.2, -0.15) is 0 Å². The number of rotatable bonds is 8. The average Bonchev–Trinajstić information content (AvgIpc) is 4.18. The topological polar surface area (TPSA) is 185 Å². The summed E-state index contributed by atoms with van der Waals surface area (Å²) >= 11 is 0. The van der Waals surface area contributed by atoms with Crippen molar-refractivity contribution in [2.75, 3.05) is 13.7 Å². The molecule has 63 heavy (non-hydrogen) atoms. The summed E-state index contributed by atoms with van der Waals surface area (Å²) in [6, 6.07) is 3.32. The van der Waals surface area contributed by atoms with Crippen LogP contribution in [0, 0.1) is 23.7 Å². The number of hydrogen-bond donors (Lipinski definition) is 3. The summed E-state index contributed by atoms with van der Waals surface area (Å²) in [6.07, 6.45) is 12.6. The molecule has 9 rings (SSSR count). The number of benzene rings is 1. The zero-order valence-corrected chi connectivity index (χ0v) is 38.3. The highest BCUT2D eigenvalue weighted by molar-refractivity contribution is 7.91. The van der Waals surface area contributed by atoms with Crippen LogP contribution < -0.4 is 19.5 Å². The number of carbonyl (C=O) groups excluding carboxylic acids is 3. The predicted octanol–water partition coefficient (Wildman–Crippen LogP) is 6.99. The number of hydrogen-bond acceptors (Lipinski definition) is 9. The molecule has 1 aromatic carbocycles. The second kappa shape index (κ2) is 16.2. The number of carbonyl (C=O) groups is 4. The Balaban J connectivity index is 1.11. The third-order valence-corrected chi connectivity index (χ3v) is 18.0. The molecule has 2 aromatic rings. The van der Waals surface area contributed by atoms with E-state index in [2.05, 4.69) is 30.8 Å². The van der Waals surface area contributed by atoms with E-state index < -0.39 is 67.7 Å². The van der Waals surface area contributed by atoms with Gasteiger partial charge in [-0.1, -0.05) is 52.2 Å². The largest absolute Gasteiger partial charge is 0.497 e. The van der Waals surface area contributed by atoms with E-state index in [1.807, 2.05) is 30.4 Å². The highest BCUT2D eigenvalue weighted by Crippen LogP contribution is 2.52. The van der Waals surface area contributed by atoms with Crippen molar-refractivity contribution in [3.8, 4) is 11.5 Å². The Morgan fingerprint density at radius 2 is 1.84 bits per heavy atom. The van der Waals surface area contributed by atoms with E-state index in [1.54, 1.807) is 18.9 Å². The van der Waals surface area contributed by atoms with Gasteiger partial charge < -0.3 is 24.8 Å². The lowest BCUT2D eigenvalue weighted by molar-refractivity contribution is -0.145. The van der Waals surface area contributed by atoms with Gasteiger partial charge in [0.05, 0.1) is 29.6 Å². The van der Waals surface area contributed by atoms with E-state index in [-0.39, 0.29) is 49.1 Å². The summed E-state index contributed by atoms with van der Waals surface area (Å²) in [4.78, 5) is 66.8. The van der Waals surface area contributed by atoms with E-state index in [4.69, 9.17) is 14.5 Å². The van der Waals surface area contributed by atoms with Crippen molar-refractivity contribution in [1.29, 1.82) is 0 Å². The smallest absolute Gasteiger partial charge is 0.408 e. The molecule has 1 saturated heterocycles. The number of allylic oxidation sites excluding steroid dienone is 1. The van der Waals surface area contributed by atoms with E-state index in [9.17, 15) is 23.1 Å². The SMILES string of the molecule is COc1ccc2c3c(c(C4CC4)nc2c1)O[C@]1(CC3)C[C@H]2C(=O)N[C@]3(C(=O)NS(=O)(=O)C4(C)CC4)C[C@H]3/C=C\CCCCC[C@H](N(C(=O)O)[C@H]3C[C@@H](C)CC[C@@H]3C(C)C)C(=O)N2C1. The van der Waals surface area contributed by atoms with Crippen LogP contribution in [0.4, 0.5) is 4.79 Å². The molecule has 4 aliphatic carbocycles. The van der Waals surface area contributed by atoms with Gasteiger partial charge in [-0.15, -0.1) is 0 Å². The molecule has 15 heteroatoms. The fraction of sp³-hybridized carbons (Fsp3) is 0.688. The molecular formula is C48H65N5O9S. The number of amides is 4. The van der Waals surface area contributed by atoms with Crippen molar-refractivity contribution >= 4 is 44.7 Å². The molecule has 3 aliphatic heterocycles. The van der Waals surface area contributed by atoms with Gasteiger partial charge in [0.2, 0.25) is 21.8 Å². The van der Waals surface area contributed by atoms with Crippen LogP contribution in [0.5, 0.6) is 11.5 Å². The van der Waals surface area contributed by atoms with Gasteiger partial charge in [0.1, 0.15) is 34.7 Å². The minimum atomic E-state index is -4.02. The summed E-state index contributed by atoms with van der Waals surface area (Å²) in [5.41, 5.74) is 0.174. The lowest BCUT2D eigenvalue weighted by Gasteiger charge is -2.46. The standard InChI is InChI=1S/C48H65N5O9S/c1-28(2)33-17-13-29(3)23-38(33)53(45(57)58)37-12-10-8-6-7-9-11-31-25-48(31,44(56)51-63(59,60)46(4)21-22-46)50-42(54)39-26-47(27-52(39)43(37)55)20-19-35-34-18-16-32(61-5)24-36(34)49-40(30-14-15-30)41(35)62-47/h9,11,16,18,24,28-31,33,37-39H,6-8,10,12-15,17,19-23,25-27H2,1-5H3,(H,50,54)(H,51,56)(H,57,58)/b11-9-/t29-,31+,33+,37-,38-,39-,47+,48+/m0/s1. The molecule has 14 nitrogen and oxygen atoms in total. The molecule has 342 valence electrons. The number of aryl methyl sites for hydroxylation is 1. The number of methoxy groups -OCH3 is 1. The van der Waals surface area contributed by atoms with Crippen LogP contribution in [0.2, 0.25) is 0 Å². The van der Waals surface area contributed by atoms with Crippen LogP contribution in [0.1, 0.15) is 141 Å². The maximum atomic E-state index is 15.6. The van der Waals surface area contributed by atoms with Gasteiger partial charge in [-0.25, -0.2) is 18.2 Å². The van der Waals surface area contributed by atoms with E-state index in [0.717, 1.165) is 60.7 Å². The monoisotopic (exact) mass is 887 g/mol. The molecule has 0 radical (unpaired) electrons. The van der Waals surface area contributed by atoms with Crippen LogP contribution in [0.15, 0.2) is 30.4 Å². The molecule has 1 aromatic heterocycles. The van der Waals surface area contributed by atoms with Gasteiger partial charge in [0.25, 0.3) is 5.91 Å². The Morgan fingerprint density at radius 1 is 1.06 bits per heavy atom. The Hall–Kier alpha value is -4.40. The first-order chi connectivity index (χ1) is 30.0. The van der Waals surface area contributed by atoms with Crippen molar-refractivity contribution in [3.05, 3.63) is 41.6 Å². The molecule has 5 fully saturated rings.